The molecular weight excluding hydrogens is 364 g/mol. The van der Waals surface area contributed by atoms with Crippen LogP contribution in [-0.4, -0.2) is 51.6 Å². The minimum absolute atomic E-state index is 0.201. The minimum atomic E-state index is -0.970. The molecule has 2 unspecified atom stereocenters. The van der Waals surface area contributed by atoms with Gasteiger partial charge in [0, 0.05) is 25.1 Å². The van der Waals surface area contributed by atoms with Crippen LogP contribution in [-0.2, 0) is 23.9 Å². The number of aromatic nitrogens is 3. The van der Waals surface area contributed by atoms with Gasteiger partial charge in [-0.05, 0) is 38.1 Å². The molecule has 0 aromatic carbocycles. The highest BCUT2D eigenvalue weighted by Gasteiger charge is 2.25. The molecule has 148 valence electrons. The van der Waals surface area contributed by atoms with Crippen molar-refractivity contribution in [3.8, 4) is 0 Å². The number of nitrogens with one attached hydrogen (secondary N) is 2. The van der Waals surface area contributed by atoms with Crippen molar-refractivity contribution in [3.05, 3.63) is 34.0 Å². The largest absolute Gasteiger partial charge is 0.383 e. The normalized spacial score (nSPS) is 19.9. The van der Waals surface area contributed by atoms with E-state index in [-0.39, 0.29) is 6.10 Å². The van der Waals surface area contributed by atoms with E-state index in [4.69, 9.17) is 4.74 Å². The van der Waals surface area contributed by atoms with E-state index in [9.17, 15) is 5.11 Å². The van der Waals surface area contributed by atoms with Crippen LogP contribution in [0.2, 0.25) is 0 Å². The van der Waals surface area contributed by atoms with Crippen molar-refractivity contribution in [2.24, 2.45) is 12.0 Å². The number of aryl methyl sites for hydroxylation is 1. The molecule has 27 heavy (non-hydrogen) atoms. The first-order chi connectivity index (χ1) is 13.0. The first-order valence-corrected chi connectivity index (χ1v) is 10.1. The molecule has 1 aliphatic heterocycles. The average molecular weight is 393 g/mol. The molecule has 2 aromatic heterocycles. The first kappa shape index (κ1) is 19.8. The van der Waals surface area contributed by atoms with Gasteiger partial charge in [0.1, 0.15) is 18.0 Å². The molecular formula is C18H28N6O2S. The summed E-state index contributed by atoms with van der Waals surface area (Å²) in [6.45, 7) is 5.97. The maximum absolute atomic E-state index is 10.8. The van der Waals surface area contributed by atoms with Crippen LogP contribution in [0.5, 0.6) is 0 Å². The Morgan fingerprint density at radius 2 is 2.33 bits per heavy atom. The van der Waals surface area contributed by atoms with Crippen LogP contribution in [0.3, 0.4) is 0 Å². The number of rotatable bonds is 7. The lowest BCUT2D eigenvalue weighted by Gasteiger charge is -2.24. The van der Waals surface area contributed by atoms with E-state index in [0.29, 0.717) is 25.6 Å². The average Bonchev–Trinajstić information content (AvgIpc) is 3.40. The molecule has 3 heterocycles. The third-order valence-electron chi connectivity index (χ3n) is 4.73. The molecule has 1 aliphatic rings. The highest BCUT2D eigenvalue weighted by atomic mass is 32.1. The lowest BCUT2D eigenvalue weighted by atomic mass is 10.1. The van der Waals surface area contributed by atoms with E-state index in [0.717, 1.165) is 36.0 Å². The molecule has 8 nitrogen and oxygen atoms in total. The SMILES string of the molecule is Cc1nnc(CN=C(NCC2CCCO2)NCC(C)(O)c2cccs2)n1C. The second kappa shape index (κ2) is 8.81. The van der Waals surface area contributed by atoms with E-state index >= 15 is 0 Å². The van der Waals surface area contributed by atoms with E-state index in [1.807, 2.05) is 36.1 Å². The molecule has 0 saturated carbocycles. The maximum atomic E-state index is 10.8. The highest BCUT2D eigenvalue weighted by Crippen LogP contribution is 2.24. The number of thiophene rings is 1. The zero-order chi connectivity index (χ0) is 19.3. The van der Waals surface area contributed by atoms with Crippen molar-refractivity contribution in [2.75, 3.05) is 19.7 Å². The zero-order valence-corrected chi connectivity index (χ0v) is 16.9. The summed E-state index contributed by atoms with van der Waals surface area (Å²) in [6.07, 6.45) is 2.35. The molecule has 2 atom stereocenters. The van der Waals surface area contributed by atoms with Gasteiger partial charge in [0.25, 0.3) is 0 Å². The fourth-order valence-electron chi connectivity index (χ4n) is 2.86. The fraction of sp³-hybridized carbons (Fsp3) is 0.611. The second-order valence-corrected chi connectivity index (χ2v) is 7.96. The Balaban J connectivity index is 1.64. The molecule has 1 fully saturated rings. The van der Waals surface area contributed by atoms with Crippen molar-refractivity contribution in [1.29, 1.82) is 0 Å². The Labute approximate surface area is 163 Å². The number of hydrogen-bond acceptors (Lipinski definition) is 6. The minimum Gasteiger partial charge on any atom is -0.383 e. The van der Waals surface area contributed by atoms with Crippen LogP contribution >= 0.6 is 11.3 Å². The van der Waals surface area contributed by atoms with Crippen molar-refractivity contribution >= 4 is 17.3 Å². The van der Waals surface area contributed by atoms with Gasteiger partial charge in [0.2, 0.25) is 0 Å². The van der Waals surface area contributed by atoms with Crippen molar-refractivity contribution in [2.45, 2.75) is 44.9 Å². The Morgan fingerprint density at radius 3 is 2.96 bits per heavy atom. The molecule has 3 N–H and O–H groups in total. The molecule has 0 bridgehead atoms. The molecule has 1 saturated heterocycles. The molecule has 0 amide bonds. The van der Waals surface area contributed by atoms with Crippen molar-refractivity contribution in [1.82, 2.24) is 25.4 Å². The summed E-state index contributed by atoms with van der Waals surface area (Å²) in [4.78, 5) is 5.54. The molecule has 0 radical (unpaired) electrons. The van der Waals surface area contributed by atoms with Crippen LogP contribution < -0.4 is 10.6 Å². The summed E-state index contributed by atoms with van der Waals surface area (Å²) in [5, 5.41) is 27.5. The summed E-state index contributed by atoms with van der Waals surface area (Å²) >= 11 is 1.54. The fourth-order valence-corrected chi connectivity index (χ4v) is 3.64. The quantitative estimate of drug-likeness (QED) is 0.486. The van der Waals surface area contributed by atoms with Gasteiger partial charge in [-0.2, -0.15) is 0 Å². The summed E-state index contributed by atoms with van der Waals surface area (Å²) in [5.74, 6) is 2.27. The summed E-state index contributed by atoms with van der Waals surface area (Å²) < 4.78 is 7.59. The summed E-state index contributed by atoms with van der Waals surface area (Å²) in [7, 11) is 1.93. The Bertz CT molecular complexity index is 750. The highest BCUT2D eigenvalue weighted by molar-refractivity contribution is 7.10. The van der Waals surface area contributed by atoms with Gasteiger partial charge in [0.05, 0.1) is 12.6 Å². The standard InChI is InChI=1S/C18H28N6O2S/c1-13-22-23-16(24(13)3)11-20-17(19-10-14-6-4-8-26-14)21-12-18(2,25)15-7-5-9-27-15/h5,7,9,14,25H,4,6,8,10-12H2,1-3H3,(H2,19,20,21). The summed E-state index contributed by atoms with van der Waals surface area (Å²) in [5.41, 5.74) is -0.970. The predicted octanol–water partition coefficient (Wildman–Crippen LogP) is 1.31. The van der Waals surface area contributed by atoms with Crippen LogP contribution in [0.1, 0.15) is 36.3 Å². The monoisotopic (exact) mass is 392 g/mol. The van der Waals surface area contributed by atoms with Gasteiger partial charge in [-0.1, -0.05) is 6.07 Å². The van der Waals surface area contributed by atoms with E-state index in [2.05, 4.69) is 25.8 Å². The lowest BCUT2D eigenvalue weighted by molar-refractivity contribution is 0.0653. The number of aliphatic hydroxyl groups is 1. The van der Waals surface area contributed by atoms with Gasteiger partial charge in [-0.3, -0.25) is 0 Å². The van der Waals surface area contributed by atoms with E-state index in [1.54, 1.807) is 6.92 Å². The van der Waals surface area contributed by atoms with Crippen molar-refractivity contribution < 1.29 is 9.84 Å². The molecule has 9 heteroatoms. The van der Waals surface area contributed by atoms with Gasteiger partial charge in [-0.15, -0.1) is 21.5 Å². The summed E-state index contributed by atoms with van der Waals surface area (Å²) in [6, 6.07) is 3.88. The van der Waals surface area contributed by atoms with E-state index < -0.39 is 5.60 Å². The number of aliphatic imine (C=N–C) groups is 1. The predicted molar refractivity (Wildman–Crippen MR) is 106 cm³/mol. The van der Waals surface area contributed by atoms with Gasteiger partial charge in [-0.25, -0.2) is 4.99 Å². The van der Waals surface area contributed by atoms with Crippen LogP contribution in [0.4, 0.5) is 0 Å². The van der Waals surface area contributed by atoms with Crippen molar-refractivity contribution in [3.63, 3.8) is 0 Å². The second-order valence-electron chi connectivity index (χ2n) is 7.01. The Morgan fingerprint density at radius 1 is 1.48 bits per heavy atom. The van der Waals surface area contributed by atoms with Crippen LogP contribution in [0.15, 0.2) is 22.5 Å². The molecule has 2 aromatic rings. The lowest BCUT2D eigenvalue weighted by Crippen LogP contribution is -2.46. The number of hydrogen-bond donors (Lipinski definition) is 3. The zero-order valence-electron chi connectivity index (χ0n) is 16.1. The molecule has 0 aliphatic carbocycles. The van der Waals surface area contributed by atoms with E-state index in [1.165, 1.54) is 11.3 Å². The number of nitrogens with zero attached hydrogens (tertiary/aromatic N) is 4. The van der Waals surface area contributed by atoms with Crippen LogP contribution in [0.25, 0.3) is 0 Å². The third-order valence-corrected chi connectivity index (χ3v) is 5.86. The van der Waals surface area contributed by atoms with Gasteiger partial charge in [0.15, 0.2) is 11.8 Å². The topological polar surface area (TPSA) is 96.6 Å². The number of guanidine groups is 1. The Hall–Kier alpha value is -1.97. The Kier molecular flexibility index (Phi) is 6.46. The van der Waals surface area contributed by atoms with Gasteiger partial charge < -0.3 is 25.0 Å². The van der Waals surface area contributed by atoms with Crippen LogP contribution in [0, 0.1) is 6.92 Å². The molecule has 0 spiro atoms. The third kappa shape index (κ3) is 5.27. The van der Waals surface area contributed by atoms with Gasteiger partial charge >= 0.3 is 0 Å². The first-order valence-electron chi connectivity index (χ1n) is 9.21. The molecule has 3 rings (SSSR count). The smallest absolute Gasteiger partial charge is 0.191 e. The number of ether oxygens (including phenoxy) is 1. The maximum Gasteiger partial charge on any atom is 0.191 e.